The van der Waals surface area contributed by atoms with Crippen LogP contribution in [-0.2, 0) is 12.7 Å². The van der Waals surface area contributed by atoms with Gasteiger partial charge < -0.3 is 9.63 Å². The van der Waals surface area contributed by atoms with Crippen molar-refractivity contribution in [1.82, 2.24) is 15.0 Å². The average Bonchev–Trinajstić information content (AvgIpc) is 3.08. The molecule has 0 radical (unpaired) electrons. The molecular weight excluding hydrogens is 299 g/mol. The van der Waals surface area contributed by atoms with Crippen LogP contribution in [0.25, 0.3) is 11.4 Å². The molecular formula is C14H14F3N3O2. The zero-order valence-corrected chi connectivity index (χ0v) is 11.5. The van der Waals surface area contributed by atoms with Crippen LogP contribution in [0.5, 0.6) is 0 Å². The molecule has 1 N–H and O–H groups in total. The molecule has 1 atom stereocenters. The smallest absolute Gasteiger partial charge is 0.392 e. The van der Waals surface area contributed by atoms with Crippen molar-refractivity contribution in [2.45, 2.75) is 25.2 Å². The van der Waals surface area contributed by atoms with Gasteiger partial charge in [0.2, 0.25) is 11.7 Å². The molecule has 0 aliphatic carbocycles. The summed E-state index contributed by atoms with van der Waals surface area (Å²) in [7, 11) is 0. The second-order valence-corrected chi connectivity index (χ2v) is 5.26. The number of halogens is 3. The average molecular weight is 313 g/mol. The maximum atomic E-state index is 12.5. The number of aliphatic hydroxyl groups is 1. The lowest BCUT2D eigenvalue weighted by molar-refractivity contribution is -0.137. The molecule has 2 heterocycles. The molecule has 0 amide bonds. The van der Waals surface area contributed by atoms with E-state index in [-0.39, 0.29) is 11.9 Å². The van der Waals surface area contributed by atoms with E-state index in [1.807, 2.05) is 4.90 Å². The van der Waals surface area contributed by atoms with E-state index >= 15 is 0 Å². The highest BCUT2D eigenvalue weighted by atomic mass is 19.4. The fourth-order valence-electron chi connectivity index (χ4n) is 2.39. The van der Waals surface area contributed by atoms with Gasteiger partial charge in [0.05, 0.1) is 18.2 Å². The Bertz CT molecular complexity index is 640. The van der Waals surface area contributed by atoms with Gasteiger partial charge in [-0.2, -0.15) is 18.2 Å². The van der Waals surface area contributed by atoms with Gasteiger partial charge >= 0.3 is 6.18 Å². The first-order valence-electron chi connectivity index (χ1n) is 6.82. The highest BCUT2D eigenvalue weighted by Gasteiger charge is 2.30. The Balaban J connectivity index is 1.70. The first-order valence-corrected chi connectivity index (χ1v) is 6.82. The number of alkyl halides is 3. The van der Waals surface area contributed by atoms with Crippen molar-refractivity contribution in [3.05, 3.63) is 35.7 Å². The number of hydrogen-bond donors (Lipinski definition) is 1. The van der Waals surface area contributed by atoms with Crippen LogP contribution < -0.4 is 0 Å². The molecule has 1 aliphatic rings. The minimum absolute atomic E-state index is 0.253. The number of aromatic nitrogens is 2. The Morgan fingerprint density at radius 1 is 1.27 bits per heavy atom. The molecule has 1 fully saturated rings. The summed E-state index contributed by atoms with van der Waals surface area (Å²) in [6, 6.07) is 4.61. The molecule has 1 aromatic carbocycles. The summed E-state index contributed by atoms with van der Waals surface area (Å²) >= 11 is 0. The van der Waals surface area contributed by atoms with Crippen molar-refractivity contribution in [3.63, 3.8) is 0 Å². The summed E-state index contributed by atoms with van der Waals surface area (Å²) < 4.78 is 42.6. The van der Waals surface area contributed by atoms with E-state index in [0.29, 0.717) is 31.0 Å². The summed E-state index contributed by atoms with van der Waals surface area (Å²) in [5, 5.41) is 13.2. The number of rotatable bonds is 3. The minimum atomic E-state index is -4.36. The zero-order valence-electron chi connectivity index (χ0n) is 11.5. The molecule has 22 heavy (non-hydrogen) atoms. The highest BCUT2D eigenvalue weighted by Crippen LogP contribution is 2.30. The van der Waals surface area contributed by atoms with Gasteiger partial charge in [-0.25, -0.2) is 0 Å². The number of benzene rings is 1. The first-order chi connectivity index (χ1) is 10.4. The quantitative estimate of drug-likeness (QED) is 0.942. The van der Waals surface area contributed by atoms with Crippen LogP contribution in [0.3, 0.4) is 0 Å². The van der Waals surface area contributed by atoms with E-state index in [4.69, 9.17) is 4.52 Å². The number of likely N-dealkylation sites (tertiary alicyclic amines) is 1. The van der Waals surface area contributed by atoms with Crippen molar-refractivity contribution >= 4 is 0 Å². The number of hydrogen-bond acceptors (Lipinski definition) is 5. The lowest BCUT2D eigenvalue weighted by atomic mass is 10.1. The topological polar surface area (TPSA) is 62.4 Å². The maximum Gasteiger partial charge on any atom is 0.416 e. The van der Waals surface area contributed by atoms with E-state index in [2.05, 4.69) is 10.1 Å². The SMILES string of the molecule is O[C@@H]1CCN(Cc2nc(-c3ccc(C(F)(F)F)cc3)no2)C1. The third-order valence-electron chi connectivity index (χ3n) is 3.54. The molecule has 8 heteroatoms. The van der Waals surface area contributed by atoms with Crippen molar-refractivity contribution < 1.29 is 22.8 Å². The van der Waals surface area contributed by atoms with Gasteiger partial charge in [0.1, 0.15) is 0 Å². The van der Waals surface area contributed by atoms with Crippen molar-refractivity contribution in [2.75, 3.05) is 13.1 Å². The normalized spacial score (nSPS) is 19.7. The van der Waals surface area contributed by atoms with E-state index in [9.17, 15) is 18.3 Å². The first kappa shape index (κ1) is 15.0. The Kier molecular flexibility index (Phi) is 3.88. The Labute approximate surface area is 124 Å². The summed E-state index contributed by atoms with van der Waals surface area (Å²) in [4.78, 5) is 6.16. The van der Waals surface area contributed by atoms with Gasteiger partial charge in [-0.3, -0.25) is 4.90 Å². The van der Waals surface area contributed by atoms with Gasteiger partial charge in [-0.15, -0.1) is 0 Å². The Morgan fingerprint density at radius 3 is 2.59 bits per heavy atom. The second kappa shape index (κ2) is 5.69. The lowest BCUT2D eigenvalue weighted by Gasteiger charge is -2.10. The number of aliphatic hydroxyl groups excluding tert-OH is 1. The molecule has 0 bridgehead atoms. The van der Waals surface area contributed by atoms with Crippen LogP contribution in [0.2, 0.25) is 0 Å². The van der Waals surface area contributed by atoms with Crippen LogP contribution >= 0.6 is 0 Å². The van der Waals surface area contributed by atoms with E-state index in [0.717, 1.165) is 18.7 Å². The lowest BCUT2D eigenvalue weighted by Crippen LogP contribution is -2.21. The monoisotopic (exact) mass is 313 g/mol. The summed E-state index contributed by atoms with van der Waals surface area (Å²) in [6.07, 6.45) is -3.99. The third kappa shape index (κ3) is 3.28. The van der Waals surface area contributed by atoms with Crippen molar-refractivity contribution in [2.24, 2.45) is 0 Å². The van der Waals surface area contributed by atoms with Gasteiger partial charge in [0.15, 0.2) is 0 Å². The number of β-amino-alcohol motifs (C(OH)–C–C–N with tert-alkyl or cyclic N) is 1. The molecule has 1 aromatic heterocycles. The van der Waals surface area contributed by atoms with Crippen LogP contribution in [-0.4, -0.2) is 39.3 Å². The largest absolute Gasteiger partial charge is 0.416 e. The molecule has 118 valence electrons. The summed E-state index contributed by atoms with van der Waals surface area (Å²) in [6.45, 7) is 1.72. The minimum Gasteiger partial charge on any atom is -0.392 e. The maximum absolute atomic E-state index is 12.5. The van der Waals surface area contributed by atoms with Gasteiger partial charge in [0, 0.05) is 18.7 Å². The molecule has 0 saturated carbocycles. The molecule has 0 unspecified atom stereocenters. The second-order valence-electron chi connectivity index (χ2n) is 5.26. The van der Waals surface area contributed by atoms with Crippen molar-refractivity contribution in [1.29, 1.82) is 0 Å². The Hall–Kier alpha value is -1.93. The predicted octanol–water partition coefficient (Wildman–Crippen LogP) is 2.32. The standard InChI is InChI=1S/C14H14F3N3O2/c15-14(16,17)10-3-1-9(2-4-10)13-18-12(22-19-13)8-20-6-5-11(21)7-20/h1-4,11,21H,5-8H2/t11-/m1/s1. The molecule has 3 rings (SSSR count). The van der Waals surface area contributed by atoms with Crippen LogP contribution in [0, 0.1) is 0 Å². The van der Waals surface area contributed by atoms with E-state index < -0.39 is 11.7 Å². The van der Waals surface area contributed by atoms with Crippen LogP contribution in [0.15, 0.2) is 28.8 Å². The number of nitrogens with zero attached hydrogens (tertiary/aromatic N) is 3. The summed E-state index contributed by atoms with van der Waals surface area (Å²) in [5.41, 5.74) is -0.254. The fraction of sp³-hybridized carbons (Fsp3) is 0.429. The zero-order chi connectivity index (χ0) is 15.7. The van der Waals surface area contributed by atoms with E-state index in [1.54, 1.807) is 0 Å². The van der Waals surface area contributed by atoms with Crippen molar-refractivity contribution in [3.8, 4) is 11.4 Å². The predicted molar refractivity (Wildman–Crippen MR) is 70.6 cm³/mol. The third-order valence-corrected chi connectivity index (χ3v) is 3.54. The molecule has 1 aliphatic heterocycles. The van der Waals surface area contributed by atoms with Crippen LogP contribution in [0.1, 0.15) is 17.9 Å². The molecule has 2 aromatic rings. The van der Waals surface area contributed by atoms with Gasteiger partial charge in [-0.05, 0) is 18.6 Å². The van der Waals surface area contributed by atoms with Gasteiger partial charge in [-0.1, -0.05) is 17.3 Å². The highest BCUT2D eigenvalue weighted by molar-refractivity contribution is 5.54. The van der Waals surface area contributed by atoms with E-state index in [1.165, 1.54) is 12.1 Å². The fourth-order valence-corrected chi connectivity index (χ4v) is 2.39. The summed E-state index contributed by atoms with van der Waals surface area (Å²) in [5.74, 6) is 0.632. The molecule has 5 nitrogen and oxygen atoms in total. The van der Waals surface area contributed by atoms with Crippen LogP contribution in [0.4, 0.5) is 13.2 Å². The Morgan fingerprint density at radius 2 is 2.00 bits per heavy atom. The molecule has 1 saturated heterocycles. The van der Waals surface area contributed by atoms with Gasteiger partial charge in [0.25, 0.3) is 0 Å². The molecule has 0 spiro atoms.